The van der Waals surface area contributed by atoms with Crippen LogP contribution in [0.5, 0.6) is 0 Å². The minimum atomic E-state index is 0.615. The second-order valence-electron chi connectivity index (χ2n) is 4.77. The van der Waals surface area contributed by atoms with Gasteiger partial charge in [-0.1, -0.05) is 19.1 Å². The van der Waals surface area contributed by atoms with E-state index < -0.39 is 0 Å². The molecule has 1 N–H and O–H groups in total. The average molecular weight is 209 g/mol. The monoisotopic (exact) mass is 209 g/mol. The van der Waals surface area contributed by atoms with Crippen LogP contribution in [0, 0.1) is 5.92 Å². The molecule has 0 aromatic carbocycles. The van der Waals surface area contributed by atoms with Gasteiger partial charge in [-0.25, -0.2) is 0 Å². The molecular weight excluding hydrogens is 186 g/mol. The van der Waals surface area contributed by atoms with Crippen LogP contribution >= 0.6 is 0 Å². The number of rotatable bonds is 4. The van der Waals surface area contributed by atoms with Gasteiger partial charge in [0.15, 0.2) is 0 Å². The second kappa shape index (κ2) is 5.66. The van der Waals surface area contributed by atoms with Crippen LogP contribution in [0.2, 0.25) is 0 Å². The van der Waals surface area contributed by atoms with E-state index >= 15 is 0 Å². The SMILES string of the molecule is CCC(NC1C=CCCC1)C1CCOC1. The van der Waals surface area contributed by atoms with E-state index in [4.69, 9.17) is 4.74 Å². The molecule has 1 heterocycles. The molecule has 1 saturated heterocycles. The maximum atomic E-state index is 5.47. The molecule has 0 aromatic rings. The van der Waals surface area contributed by atoms with Gasteiger partial charge in [-0.2, -0.15) is 0 Å². The number of hydrogen-bond donors (Lipinski definition) is 1. The van der Waals surface area contributed by atoms with E-state index in [0.717, 1.165) is 19.1 Å². The van der Waals surface area contributed by atoms with Crippen LogP contribution in [0.25, 0.3) is 0 Å². The lowest BCUT2D eigenvalue weighted by Gasteiger charge is -2.28. The number of nitrogens with one attached hydrogen (secondary N) is 1. The zero-order valence-corrected chi connectivity index (χ0v) is 9.74. The van der Waals surface area contributed by atoms with E-state index in [1.54, 1.807) is 0 Å². The van der Waals surface area contributed by atoms with Crippen molar-refractivity contribution in [2.45, 2.75) is 51.1 Å². The molecule has 15 heavy (non-hydrogen) atoms. The molecule has 1 aliphatic heterocycles. The molecular formula is C13H23NO. The zero-order chi connectivity index (χ0) is 10.5. The topological polar surface area (TPSA) is 21.3 Å². The van der Waals surface area contributed by atoms with Crippen LogP contribution in [-0.2, 0) is 4.74 Å². The highest BCUT2D eigenvalue weighted by atomic mass is 16.5. The Kier molecular flexibility index (Phi) is 4.21. The summed E-state index contributed by atoms with van der Waals surface area (Å²) < 4.78 is 5.47. The van der Waals surface area contributed by atoms with E-state index in [2.05, 4.69) is 24.4 Å². The molecule has 0 amide bonds. The van der Waals surface area contributed by atoms with Crippen molar-refractivity contribution in [1.29, 1.82) is 0 Å². The summed E-state index contributed by atoms with van der Waals surface area (Å²) in [5.74, 6) is 0.741. The van der Waals surface area contributed by atoms with Crippen LogP contribution in [-0.4, -0.2) is 25.3 Å². The van der Waals surface area contributed by atoms with Crippen molar-refractivity contribution >= 4 is 0 Å². The van der Waals surface area contributed by atoms with Crippen molar-refractivity contribution in [3.63, 3.8) is 0 Å². The van der Waals surface area contributed by atoms with Crippen molar-refractivity contribution in [2.75, 3.05) is 13.2 Å². The molecule has 1 aliphatic carbocycles. The third-order valence-electron chi connectivity index (χ3n) is 3.66. The fourth-order valence-electron chi connectivity index (χ4n) is 2.68. The fourth-order valence-corrected chi connectivity index (χ4v) is 2.68. The average Bonchev–Trinajstić information content (AvgIpc) is 2.81. The Labute approximate surface area is 93.1 Å². The third-order valence-corrected chi connectivity index (χ3v) is 3.66. The Bertz CT molecular complexity index is 209. The lowest BCUT2D eigenvalue weighted by Crippen LogP contribution is -2.42. The Hall–Kier alpha value is -0.340. The standard InChI is InChI=1S/C13H23NO/c1-2-13(11-8-9-15-10-11)14-12-6-4-3-5-7-12/h4,6,11-14H,2-3,5,7-10H2,1H3. The van der Waals surface area contributed by atoms with Crippen LogP contribution < -0.4 is 5.32 Å². The molecule has 0 bridgehead atoms. The molecule has 2 rings (SSSR count). The van der Waals surface area contributed by atoms with Crippen molar-refractivity contribution < 1.29 is 4.74 Å². The highest BCUT2D eigenvalue weighted by molar-refractivity contribution is 4.99. The summed E-state index contributed by atoms with van der Waals surface area (Å²) >= 11 is 0. The molecule has 0 saturated carbocycles. The van der Waals surface area contributed by atoms with E-state index in [1.165, 1.54) is 32.1 Å². The van der Waals surface area contributed by atoms with Gasteiger partial charge < -0.3 is 10.1 Å². The quantitative estimate of drug-likeness (QED) is 0.718. The van der Waals surface area contributed by atoms with E-state index in [1.807, 2.05) is 0 Å². The van der Waals surface area contributed by atoms with Gasteiger partial charge in [0, 0.05) is 18.7 Å². The number of hydrogen-bond acceptors (Lipinski definition) is 2. The predicted molar refractivity (Wildman–Crippen MR) is 62.9 cm³/mol. The first-order chi connectivity index (χ1) is 7.40. The number of allylic oxidation sites excluding steroid dienone is 1. The van der Waals surface area contributed by atoms with E-state index in [9.17, 15) is 0 Å². The van der Waals surface area contributed by atoms with Gasteiger partial charge in [-0.3, -0.25) is 0 Å². The summed E-state index contributed by atoms with van der Waals surface area (Å²) in [5, 5.41) is 3.78. The Morgan fingerprint density at radius 3 is 3.00 bits per heavy atom. The van der Waals surface area contributed by atoms with Crippen LogP contribution in [0.4, 0.5) is 0 Å². The molecule has 3 atom stereocenters. The molecule has 3 unspecified atom stereocenters. The highest BCUT2D eigenvalue weighted by Gasteiger charge is 2.25. The summed E-state index contributed by atoms with van der Waals surface area (Å²) in [5.41, 5.74) is 0. The van der Waals surface area contributed by atoms with Gasteiger partial charge in [0.1, 0.15) is 0 Å². The molecule has 0 radical (unpaired) electrons. The lowest BCUT2D eigenvalue weighted by molar-refractivity contribution is 0.174. The molecule has 2 aliphatic rings. The molecule has 0 aromatic heterocycles. The molecule has 1 fully saturated rings. The van der Waals surface area contributed by atoms with E-state index in [-0.39, 0.29) is 0 Å². The van der Waals surface area contributed by atoms with Crippen molar-refractivity contribution in [2.24, 2.45) is 5.92 Å². The summed E-state index contributed by atoms with van der Waals surface area (Å²) in [7, 11) is 0. The zero-order valence-electron chi connectivity index (χ0n) is 9.74. The Morgan fingerprint density at radius 1 is 1.47 bits per heavy atom. The van der Waals surface area contributed by atoms with Gasteiger partial charge in [0.2, 0.25) is 0 Å². The largest absolute Gasteiger partial charge is 0.381 e. The van der Waals surface area contributed by atoms with Gasteiger partial charge in [-0.15, -0.1) is 0 Å². The third kappa shape index (κ3) is 3.05. The van der Waals surface area contributed by atoms with Gasteiger partial charge in [0.05, 0.1) is 6.61 Å². The number of ether oxygens (including phenoxy) is 1. The minimum absolute atomic E-state index is 0.615. The normalized spacial score (nSPS) is 33.1. The van der Waals surface area contributed by atoms with Gasteiger partial charge in [-0.05, 0) is 38.0 Å². The van der Waals surface area contributed by atoms with E-state index in [0.29, 0.717) is 12.1 Å². The molecule has 2 nitrogen and oxygen atoms in total. The van der Waals surface area contributed by atoms with Crippen molar-refractivity contribution in [3.8, 4) is 0 Å². The van der Waals surface area contributed by atoms with Crippen LogP contribution in [0.1, 0.15) is 39.0 Å². The Balaban J connectivity index is 1.83. The van der Waals surface area contributed by atoms with Crippen molar-refractivity contribution in [3.05, 3.63) is 12.2 Å². The maximum Gasteiger partial charge on any atom is 0.0510 e. The second-order valence-corrected chi connectivity index (χ2v) is 4.77. The predicted octanol–water partition coefficient (Wildman–Crippen LogP) is 2.50. The fraction of sp³-hybridized carbons (Fsp3) is 0.846. The molecule has 86 valence electrons. The molecule has 2 heteroatoms. The highest BCUT2D eigenvalue weighted by Crippen LogP contribution is 2.21. The van der Waals surface area contributed by atoms with Crippen LogP contribution in [0.15, 0.2) is 12.2 Å². The molecule has 0 spiro atoms. The smallest absolute Gasteiger partial charge is 0.0510 e. The van der Waals surface area contributed by atoms with Gasteiger partial charge in [0.25, 0.3) is 0 Å². The summed E-state index contributed by atoms with van der Waals surface area (Å²) in [4.78, 5) is 0. The lowest BCUT2D eigenvalue weighted by atomic mass is 9.94. The first-order valence-corrected chi connectivity index (χ1v) is 6.40. The summed E-state index contributed by atoms with van der Waals surface area (Å²) in [6.07, 6.45) is 11.0. The first kappa shape index (κ1) is 11.2. The summed E-state index contributed by atoms with van der Waals surface area (Å²) in [6, 6.07) is 1.27. The first-order valence-electron chi connectivity index (χ1n) is 6.40. The summed E-state index contributed by atoms with van der Waals surface area (Å²) in [6.45, 7) is 4.20. The van der Waals surface area contributed by atoms with Gasteiger partial charge >= 0.3 is 0 Å². The van der Waals surface area contributed by atoms with Crippen LogP contribution in [0.3, 0.4) is 0 Å². The maximum absolute atomic E-state index is 5.47. The Morgan fingerprint density at radius 2 is 2.40 bits per heavy atom. The minimum Gasteiger partial charge on any atom is -0.381 e. The van der Waals surface area contributed by atoms with Crippen molar-refractivity contribution in [1.82, 2.24) is 5.32 Å².